The number of hydrogen-bond acceptors (Lipinski definition) is 4. The summed E-state index contributed by atoms with van der Waals surface area (Å²) in [5, 5.41) is 12.1. The van der Waals surface area contributed by atoms with Crippen LogP contribution in [0.3, 0.4) is 0 Å². The minimum absolute atomic E-state index is 0.116. The van der Waals surface area contributed by atoms with Crippen LogP contribution in [0.4, 0.5) is 0 Å². The van der Waals surface area contributed by atoms with E-state index >= 15 is 0 Å². The molecule has 0 aromatic carbocycles. The molecule has 4 saturated carbocycles. The SMILES string of the molecule is CN(CC(=O)O)C(=O)c1cn2c(C(=O)NCC34CC5CC(CC(C5)C3)C4)cccc2n1. The van der Waals surface area contributed by atoms with Gasteiger partial charge in [0.15, 0.2) is 0 Å². The van der Waals surface area contributed by atoms with E-state index in [9.17, 15) is 14.4 Å². The fourth-order valence-electron chi connectivity index (χ4n) is 6.63. The third-order valence-corrected chi connectivity index (χ3v) is 7.45. The molecule has 0 radical (unpaired) electrons. The molecule has 2 N–H and O–H groups in total. The highest BCUT2D eigenvalue weighted by Gasteiger charge is 2.50. The number of imidazole rings is 1. The number of carboxylic acid groups (broad SMARTS) is 1. The highest BCUT2D eigenvalue weighted by Crippen LogP contribution is 2.59. The van der Waals surface area contributed by atoms with E-state index < -0.39 is 18.4 Å². The fourth-order valence-corrected chi connectivity index (χ4v) is 6.63. The Morgan fingerprint density at radius 1 is 1.16 bits per heavy atom. The second-order valence-corrected chi connectivity index (χ2v) is 9.92. The van der Waals surface area contributed by atoms with Crippen LogP contribution in [0.2, 0.25) is 0 Å². The lowest BCUT2D eigenvalue weighted by Gasteiger charge is -2.56. The summed E-state index contributed by atoms with van der Waals surface area (Å²) >= 11 is 0. The van der Waals surface area contributed by atoms with E-state index in [0.29, 0.717) is 17.9 Å². The Hall–Kier alpha value is -2.90. The van der Waals surface area contributed by atoms with Gasteiger partial charge in [-0.2, -0.15) is 0 Å². The third-order valence-electron chi connectivity index (χ3n) is 7.45. The van der Waals surface area contributed by atoms with Crippen molar-refractivity contribution in [2.24, 2.45) is 23.2 Å². The monoisotopic (exact) mass is 424 g/mol. The molecule has 2 aromatic heterocycles. The molecule has 31 heavy (non-hydrogen) atoms. The first kappa shape index (κ1) is 20.0. The molecule has 8 nitrogen and oxygen atoms in total. The average Bonchev–Trinajstić information content (AvgIpc) is 3.14. The van der Waals surface area contributed by atoms with Crippen LogP contribution < -0.4 is 5.32 Å². The van der Waals surface area contributed by atoms with Crippen molar-refractivity contribution in [3.05, 3.63) is 35.8 Å². The zero-order valence-corrected chi connectivity index (χ0v) is 17.7. The first-order valence-corrected chi connectivity index (χ1v) is 11.1. The molecule has 0 spiro atoms. The van der Waals surface area contributed by atoms with Crippen LogP contribution in [-0.2, 0) is 4.79 Å². The molecule has 4 fully saturated rings. The molecule has 4 aliphatic rings. The van der Waals surface area contributed by atoms with Gasteiger partial charge in [-0.3, -0.25) is 18.8 Å². The van der Waals surface area contributed by atoms with E-state index in [-0.39, 0.29) is 17.0 Å². The predicted molar refractivity (Wildman–Crippen MR) is 113 cm³/mol. The largest absolute Gasteiger partial charge is 0.480 e. The number of pyridine rings is 1. The van der Waals surface area contributed by atoms with E-state index in [0.717, 1.165) is 22.7 Å². The minimum atomic E-state index is -1.09. The van der Waals surface area contributed by atoms with Crippen molar-refractivity contribution in [1.82, 2.24) is 19.6 Å². The molecular weight excluding hydrogens is 396 g/mol. The van der Waals surface area contributed by atoms with Gasteiger partial charge in [-0.25, -0.2) is 4.98 Å². The van der Waals surface area contributed by atoms with Crippen LogP contribution in [-0.4, -0.2) is 57.3 Å². The van der Waals surface area contributed by atoms with Crippen molar-refractivity contribution in [3.8, 4) is 0 Å². The summed E-state index contributed by atoms with van der Waals surface area (Å²) in [4.78, 5) is 41.9. The van der Waals surface area contributed by atoms with Gasteiger partial charge < -0.3 is 15.3 Å². The number of carbonyl (C=O) groups is 3. The van der Waals surface area contributed by atoms with E-state index in [1.54, 1.807) is 22.6 Å². The van der Waals surface area contributed by atoms with Crippen molar-refractivity contribution >= 4 is 23.4 Å². The number of amides is 2. The van der Waals surface area contributed by atoms with Gasteiger partial charge in [-0.1, -0.05) is 6.07 Å². The Labute approximate surface area is 180 Å². The van der Waals surface area contributed by atoms with Crippen LogP contribution >= 0.6 is 0 Å². The Morgan fingerprint density at radius 2 is 1.81 bits per heavy atom. The van der Waals surface area contributed by atoms with Gasteiger partial charge in [0.05, 0.1) is 0 Å². The number of rotatable bonds is 6. The molecule has 6 rings (SSSR count). The van der Waals surface area contributed by atoms with Gasteiger partial charge >= 0.3 is 5.97 Å². The summed E-state index contributed by atoms with van der Waals surface area (Å²) in [5.41, 5.74) is 1.27. The molecular formula is C23H28N4O4. The summed E-state index contributed by atoms with van der Waals surface area (Å²) in [6, 6.07) is 5.19. The van der Waals surface area contributed by atoms with E-state index in [1.807, 2.05) is 0 Å². The van der Waals surface area contributed by atoms with Crippen molar-refractivity contribution in [2.75, 3.05) is 20.1 Å². The molecule has 0 atom stereocenters. The first-order valence-electron chi connectivity index (χ1n) is 11.1. The highest BCUT2D eigenvalue weighted by molar-refractivity contribution is 5.96. The number of nitrogens with one attached hydrogen (secondary N) is 1. The second kappa shape index (κ2) is 7.35. The number of nitrogens with zero attached hydrogens (tertiary/aromatic N) is 3. The standard InChI is InChI=1S/C23H28N4O4/c1-26(12-20(28)29)22(31)17-11-27-18(3-2-4-19(27)25-17)21(30)24-13-23-8-14-5-15(9-23)7-16(6-14)10-23/h2-4,11,14-16H,5-10,12-13H2,1H3,(H,24,30)(H,28,29). The average molecular weight is 425 g/mol. The maximum Gasteiger partial charge on any atom is 0.323 e. The molecule has 0 unspecified atom stereocenters. The van der Waals surface area contributed by atoms with Crippen LogP contribution in [0, 0.1) is 23.2 Å². The van der Waals surface area contributed by atoms with Crippen LogP contribution in [0.25, 0.3) is 5.65 Å². The summed E-state index contributed by atoms with van der Waals surface area (Å²) in [6.45, 7) is 0.290. The maximum atomic E-state index is 13.1. The Morgan fingerprint density at radius 3 is 2.42 bits per heavy atom. The highest BCUT2D eigenvalue weighted by atomic mass is 16.4. The minimum Gasteiger partial charge on any atom is -0.480 e. The van der Waals surface area contributed by atoms with Gasteiger partial charge in [-0.15, -0.1) is 0 Å². The van der Waals surface area contributed by atoms with E-state index in [2.05, 4.69) is 10.3 Å². The Balaban J connectivity index is 1.33. The van der Waals surface area contributed by atoms with Crippen molar-refractivity contribution in [2.45, 2.75) is 38.5 Å². The Kier molecular flexibility index (Phi) is 4.75. The predicted octanol–water partition coefficient (Wildman–Crippen LogP) is 2.44. The number of likely N-dealkylation sites (N-methyl/N-ethyl adjacent to an activating group) is 1. The second-order valence-electron chi connectivity index (χ2n) is 9.92. The van der Waals surface area contributed by atoms with Crippen LogP contribution in [0.15, 0.2) is 24.4 Å². The molecule has 4 bridgehead atoms. The van der Waals surface area contributed by atoms with E-state index in [1.165, 1.54) is 51.8 Å². The number of aromatic nitrogens is 2. The van der Waals surface area contributed by atoms with Crippen molar-refractivity contribution in [1.29, 1.82) is 0 Å². The van der Waals surface area contributed by atoms with Crippen molar-refractivity contribution < 1.29 is 19.5 Å². The van der Waals surface area contributed by atoms with Gasteiger partial charge in [-0.05, 0) is 73.8 Å². The lowest BCUT2D eigenvalue weighted by atomic mass is 9.49. The van der Waals surface area contributed by atoms with Crippen LogP contribution in [0.5, 0.6) is 0 Å². The van der Waals surface area contributed by atoms with Gasteiger partial charge in [0.1, 0.15) is 23.6 Å². The quantitative estimate of drug-likeness (QED) is 0.741. The van der Waals surface area contributed by atoms with Crippen LogP contribution in [0.1, 0.15) is 59.5 Å². The van der Waals surface area contributed by atoms with Gasteiger partial charge in [0.25, 0.3) is 11.8 Å². The molecule has 8 heteroatoms. The third kappa shape index (κ3) is 3.68. The lowest BCUT2D eigenvalue weighted by Crippen LogP contribution is -2.51. The normalized spacial score (nSPS) is 28.6. The molecule has 164 valence electrons. The van der Waals surface area contributed by atoms with E-state index in [4.69, 9.17) is 5.11 Å². The molecule has 4 aliphatic carbocycles. The fraction of sp³-hybridized carbons (Fsp3) is 0.565. The Bertz CT molecular complexity index is 1020. The lowest BCUT2D eigenvalue weighted by molar-refractivity contribution is -0.137. The molecule has 0 aliphatic heterocycles. The topological polar surface area (TPSA) is 104 Å². The number of fused-ring (bicyclic) bond motifs is 1. The van der Waals surface area contributed by atoms with Crippen molar-refractivity contribution in [3.63, 3.8) is 0 Å². The summed E-state index contributed by atoms with van der Waals surface area (Å²) in [6.07, 6.45) is 9.29. The molecule has 2 heterocycles. The number of carbonyl (C=O) groups excluding carboxylic acids is 2. The first-order chi connectivity index (χ1) is 14.8. The molecule has 2 amide bonds. The number of aliphatic carboxylic acids is 1. The van der Waals surface area contributed by atoms with Gasteiger partial charge in [0, 0.05) is 19.8 Å². The van der Waals surface area contributed by atoms with Gasteiger partial charge in [0.2, 0.25) is 0 Å². The summed E-state index contributed by atoms with van der Waals surface area (Å²) < 4.78 is 1.61. The number of hydrogen-bond donors (Lipinski definition) is 2. The molecule has 2 aromatic rings. The number of carboxylic acids is 1. The zero-order chi connectivity index (χ0) is 21.8. The summed E-state index contributed by atoms with van der Waals surface area (Å²) in [7, 11) is 1.42. The molecule has 0 saturated heterocycles. The maximum absolute atomic E-state index is 13.1. The smallest absolute Gasteiger partial charge is 0.323 e. The summed E-state index contributed by atoms with van der Waals surface area (Å²) in [5.74, 6) is 0.733. The zero-order valence-electron chi connectivity index (χ0n) is 17.7.